The first kappa shape index (κ1) is 20.1. The third kappa shape index (κ3) is 4.35. The van der Waals surface area contributed by atoms with Gasteiger partial charge in [0.25, 0.3) is 0 Å². The van der Waals surface area contributed by atoms with E-state index in [1.54, 1.807) is 29.4 Å². The van der Waals surface area contributed by atoms with Crippen molar-refractivity contribution < 1.29 is 14.4 Å². The minimum Gasteiger partial charge on any atom is -0.342 e. The van der Waals surface area contributed by atoms with Crippen molar-refractivity contribution in [2.45, 2.75) is 26.2 Å². The predicted octanol–water partition coefficient (Wildman–Crippen LogP) is 2.62. The Bertz CT molecular complexity index is 921. The first-order valence-corrected chi connectivity index (χ1v) is 10.4. The van der Waals surface area contributed by atoms with Crippen LogP contribution in [0.2, 0.25) is 0 Å². The van der Waals surface area contributed by atoms with Crippen molar-refractivity contribution in [3.05, 3.63) is 54.4 Å². The topological polar surface area (TPSA) is 82.6 Å². The van der Waals surface area contributed by atoms with E-state index in [0.717, 1.165) is 16.9 Å². The molecule has 2 saturated heterocycles. The normalized spacial score (nSPS) is 19.8. The van der Waals surface area contributed by atoms with Gasteiger partial charge in [0.2, 0.25) is 17.7 Å². The van der Waals surface area contributed by atoms with Crippen LogP contribution >= 0.6 is 0 Å². The van der Waals surface area contributed by atoms with Gasteiger partial charge in [-0.3, -0.25) is 19.4 Å². The molecule has 30 heavy (non-hydrogen) atoms. The molecule has 1 N–H and O–H groups in total. The number of pyridine rings is 1. The van der Waals surface area contributed by atoms with Crippen LogP contribution in [0.4, 0.5) is 11.4 Å². The Balaban J connectivity index is 1.30. The number of amides is 3. The summed E-state index contributed by atoms with van der Waals surface area (Å²) in [4.78, 5) is 45.4. The fourth-order valence-corrected chi connectivity index (χ4v) is 4.15. The lowest BCUT2D eigenvalue weighted by molar-refractivity contribution is -0.138. The summed E-state index contributed by atoms with van der Waals surface area (Å²) in [6.07, 6.45) is 4.78. The van der Waals surface area contributed by atoms with Gasteiger partial charge in [-0.2, -0.15) is 0 Å². The molecule has 0 spiro atoms. The number of rotatable bonds is 4. The predicted molar refractivity (Wildman–Crippen MR) is 114 cm³/mol. The number of nitrogens with zero attached hydrogens (tertiary/aromatic N) is 3. The monoisotopic (exact) mass is 406 g/mol. The summed E-state index contributed by atoms with van der Waals surface area (Å²) in [5, 5.41) is 2.91. The number of nitrogens with one attached hydrogen (secondary N) is 1. The van der Waals surface area contributed by atoms with Gasteiger partial charge in [-0.25, -0.2) is 0 Å². The van der Waals surface area contributed by atoms with Crippen LogP contribution in [0.25, 0.3) is 0 Å². The zero-order valence-corrected chi connectivity index (χ0v) is 17.1. The van der Waals surface area contributed by atoms with E-state index >= 15 is 0 Å². The SMILES string of the molecule is Cc1ccc(N2C[C@H](C(=O)N3CCC(C(=O)Nc4ccncc4)CC3)CC2=O)cc1. The van der Waals surface area contributed by atoms with E-state index in [1.807, 2.05) is 36.1 Å². The fraction of sp³-hybridized carbons (Fsp3) is 0.391. The van der Waals surface area contributed by atoms with Gasteiger partial charge in [-0.15, -0.1) is 0 Å². The fourth-order valence-electron chi connectivity index (χ4n) is 4.15. The van der Waals surface area contributed by atoms with E-state index in [-0.39, 0.29) is 36.0 Å². The molecule has 3 heterocycles. The highest BCUT2D eigenvalue weighted by Gasteiger charge is 2.38. The third-order valence-electron chi connectivity index (χ3n) is 5.95. The molecule has 2 aliphatic rings. The molecular formula is C23H26N4O3. The average Bonchev–Trinajstić information content (AvgIpc) is 3.16. The Kier molecular flexibility index (Phi) is 5.79. The standard InChI is InChI=1S/C23H26N4O3/c1-16-2-4-20(5-3-16)27-15-18(14-21(27)28)23(30)26-12-8-17(9-13-26)22(29)25-19-6-10-24-11-7-19/h2-7,10-11,17-18H,8-9,12-15H2,1H3,(H,24,25,29)/t18-/m1/s1. The lowest BCUT2D eigenvalue weighted by Gasteiger charge is -2.33. The van der Waals surface area contributed by atoms with Gasteiger partial charge in [0.1, 0.15) is 0 Å². The number of benzene rings is 1. The quantitative estimate of drug-likeness (QED) is 0.846. The minimum absolute atomic E-state index is 0.0104. The number of piperidine rings is 1. The summed E-state index contributed by atoms with van der Waals surface area (Å²) in [6.45, 7) is 3.51. The molecule has 0 unspecified atom stereocenters. The van der Waals surface area contributed by atoms with Crippen molar-refractivity contribution in [1.29, 1.82) is 0 Å². The highest BCUT2D eigenvalue weighted by molar-refractivity contribution is 6.00. The molecule has 0 bridgehead atoms. The van der Waals surface area contributed by atoms with Crippen LogP contribution in [-0.2, 0) is 14.4 Å². The maximum absolute atomic E-state index is 13.0. The molecule has 7 heteroatoms. The second-order valence-corrected chi connectivity index (χ2v) is 8.07. The molecule has 7 nitrogen and oxygen atoms in total. The Hall–Kier alpha value is -3.22. The van der Waals surface area contributed by atoms with Gasteiger partial charge < -0.3 is 15.1 Å². The summed E-state index contributed by atoms with van der Waals surface area (Å²) in [5.74, 6) is -0.442. The molecule has 2 aliphatic heterocycles. The van der Waals surface area contributed by atoms with E-state index in [4.69, 9.17) is 0 Å². The maximum Gasteiger partial charge on any atom is 0.228 e. The van der Waals surface area contributed by atoms with Crippen LogP contribution in [0.1, 0.15) is 24.8 Å². The van der Waals surface area contributed by atoms with Gasteiger partial charge in [0.15, 0.2) is 0 Å². The number of aromatic nitrogens is 1. The van der Waals surface area contributed by atoms with E-state index in [0.29, 0.717) is 32.5 Å². The first-order chi connectivity index (χ1) is 14.5. The van der Waals surface area contributed by atoms with Crippen LogP contribution in [0.5, 0.6) is 0 Å². The second-order valence-electron chi connectivity index (χ2n) is 8.07. The number of carbonyl (C=O) groups excluding carboxylic acids is 3. The molecule has 0 radical (unpaired) electrons. The largest absolute Gasteiger partial charge is 0.342 e. The molecule has 0 aliphatic carbocycles. The van der Waals surface area contributed by atoms with Crippen LogP contribution in [0.15, 0.2) is 48.8 Å². The lowest BCUT2D eigenvalue weighted by Crippen LogP contribution is -2.44. The van der Waals surface area contributed by atoms with Crippen molar-refractivity contribution in [3.63, 3.8) is 0 Å². The van der Waals surface area contributed by atoms with Crippen LogP contribution in [-0.4, -0.2) is 47.2 Å². The van der Waals surface area contributed by atoms with Gasteiger partial charge >= 0.3 is 0 Å². The number of anilines is 2. The molecule has 2 fully saturated rings. The van der Waals surface area contributed by atoms with Gasteiger partial charge in [0, 0.05) is 55.7 Å². The molecule has 1 aromatic heterocycles. The molecular weight excluding hydrogens is 380 g/mol. The maximum atomic E-state index is 13.0. The van der Waals surface area contributed by atoms with Gasteiger partial charge in [-0.1, -0.05) is 17.7 Å². The van der Waals surface area contributed by atoms with Crippen LogP contribution in [0, 0.1) is 18.8 Å². The summed E-state index contributed by atoms with van der Waals surface area (Å²) in [7, 11) is 0. The second kappa shape index (κ2) is 8.65. The third-order valence-corrected chi connectivity index (χ3v) is 5.95. The number of likely N-dealkylation sites (tertiary alicyclic amines) is 1. The van der Waals surface area contributed by atoms with Crippen molar-refractivity contribution >= 4 is 29.1 Å². The van der Waals surface area contributed by atoms with E-state index in [2.05, 4.69) is 10.3 Å². The highest BCUT2D eigenvalue weighted by atomic mass is 16.2. The van der Waals surface area contributed by atoms with Crippen LogP contribution in [0.3, 0.4) is 0 Å². The number of aryl methyl sites for hydroxylation is 1. The Morgan fingerprint density at radius 3 is 2.33 bits per heavy atom. The number of hydrogen-bond donors (Lipinski definition) is 1. The van der Waals surface area contributed by atoms with E-state index in [9.17, 15) is 14.4 Å². The molecule has 3 amide bonds. The first-order valence-electron chi connectivity index (χ1n) is 10.4. The lowest BCUT2D eigenvalue weighted by atomic mass is 9.94. The van der Waals surface area contributed by atoms with E-state index in [1.165, 1.54) is 0 Å². The van der Waals surface area contributed by atoms with Gasteiger partial charge in [-0.05, 0) is 44.0 Å². The zero-order valence-electron chi connectivity index (χ0n) is 17.1. The number of carbonyl (C=O) groups is 3. The Labute approximate surface area is 176 Å². The minimum atomic E-state index is -0.319. The molecule has 0 saturated carbocycles. The summed E-state index contributed by atoms with van der Waals surface area (Å²) in [5.41, 5.74) is 2.70. The van der Waals surface area contributed by atoms with Gasteiger partial charge in [0.05, 0.1) is 5.92 Å². The molecule has 2 aromatic rings. The average molecular weight is 406 g/mol. The zero-order chi connectivity index (χ0) is 21.1. The smallest absolute Gasteiger partial charge is 0.228 e. The number of hydrogen-bond acceptors (Lipinski definition) is 4. The molecule has 1 atom stereocenters. The Morgan fingerprint density at radius 2 is 1.67 bits per heavy atom. The van der Waals surface area contributed by atoms with E-state index < -0.39 is 0 Å². The molecule has 4 rings (SSSR count). The highest BCUT2D eigenvalue weighted by Crippen LogP contribution is 2.28. The molecule has 1 aromatic carbocycles. The van der Waals surface area contributed by atoms with Crippen molar-refractivity contribution in [3.8, 4) is 0 Å². The van der Waals surface area contributed by atoms with Crippen molar-refractivity contribution in [1.82, 2.24) is 9.88 Å². The van der Waals surface area contributed by atoms with Crippen molar-refractivity contribution in [2.75, 3.05) is 29.9 Å². The summed E-state index contributed by atoms with van der Waals surface area (Å²) < 4.78 is 0. The summed E-state index contributed by atoms with van der Waals surface area (Å²) in [6, 6.07) is 11.3. The van der Waals surface area contributed by atoms with Crippen LogP contribution < -0.4 is 10.2 Å². The molecule has 156 valence electrons. The summed E-state index contributed by atoms with van der Waals surface area (Å²) >= 11 is 0. The Morgan fingerprint density at radius 1 is 1.00 bits per heavy atom. The van der Waals surface area contributed by atoms with Crippen molar-refractivity contribution in [2.24, 2.45) is 11.8 Å².